The van der Waals surface area contributed by atoms with Crippen molar-refractivity contribution in [1.29, 1.82) is 0 Å². The lowest BCUT2D eigenvalue weighted by Crippen LogP contribution is -2.49. The molecular weight excluding hydrogens is 248 g/mol. The van der Waals surface area contributed by atoms with Gasteiger partial charge in [-0.05, 0) is 80.0 Å². The number of fused-ring (bicyclic) bond motifs is 5. The van der Waals surface area contributed by atoms with E-state index in [-0.39, 0.29) is 11.5 Å². The third kappa shape index (κ3) is 1.76. The molecular formula is C18H28O2. The highest BCUT2D eigenvalue weighted by molar-refractivity contribution is 5.79. The summed E-state index contributed by atoms with van der Waals surface area (Å²) in [7, 11) is 0. The lowest BCUT2D eigenvalue weighted by atomic mass is 9.50. The fourth-order valence-corrected chi connectivity index (χ4v) is 6.63. The Labute approximate surface area is 122 Å². The zero-order valence-electron chi connectivity index (χ0n) is 12.7. The molecule has 0 amide bonds. The number of ketones is 1. The highest BCUT2D eigenvalue weighted by Crippen LogP contribution is 2.62. The summed E-state index contributed by atoms with van der Waals surface area (Å²) in [6.45, 7) is 2.35. The van der Waals surface area contributed by atoms with Gasteiger partial charge in [0.1, 0.15) is 5.78 Å². The summed E-state index contributed by atoms with van der Waals surface area (Å²) in [5, 5.41) is 10.4. The van der Waals surface area contributed by atoms with E-state index in [1.165, 1.54) is 32.1 Å². The Balaban J connectivity index is 1.58. The van der Waals surface area contributed by atoms with Gasteiger partial charge in [-0.1, -0.05) is 6.92 Å². The maximum Gasteiger partial charge on any atom is 0.133 e. The van der Waals surface area contributed by atoms with Gasteiger partial charge in [-0.15, -0.1) is 0 Å². The molecule has 0 saturated heterocycles. The summed E-state index contributed by atoms with van der Waals surface area (Å²) in [5.74, 6) is 4.52. The number of rotatable bonds is 0. The van der Waals surface area contributed by atoms with E-state index in [0.29, 0.717) is 11.7 Å². The van der Waals surface area contributed by atoms with E-state index in [4.69, 9.17) is 0 Å². The molecule has 1 N–H and O–H groups in total. The van der Waals surface area contributed by atoms with Crippen molar-refractivity contribution in [2.24, 2.45) is 35.0 Å². The van der Waals surface area contributed by atoms with Gasteiger partial charge < -0.3 is 5.11 Å². The van der Waals surface area contributed by atoms with Crippen LogP contribution in [-0.2, 0) is 4.79 Å². The molecule has 4 aliphatic rings. The number of hydrogen-bond donors (Lipinski definition) is 1. The number of hydrogen-bond acceptors (Lipinski definition) is 2. The van der Waals surface area contributed by atoms with Crippen molar-refractivity contribution in [2.45, 2.75) is 70.8 Å². The number of carbonyl (C=O) groups excluding carboxylic acids is 1. The van der Waals surface area contributed by atoms with Crippen molar-refractivity contribution in [3.8, 4) is 0 Å². The fourth-order valence-electron chi connectivity index (χ4n) is 6.63. The van der Waals surface area contributed by atoms with Crippen LogP contribution in [0.1, 0.15) is 64.7 Å². The molecule has 4 aliphatic carbocycles. The number of aliphatic hydroxyl groups excluding tert-OH is 1. The first-order valence-corrected chi connectivity index (χ1v) is 8.79. The van der Waals surface area contributed by atoms with Crippen LogP contribution in [-0.4, -0.2) is 17.0 Å². The largest absolute Gasteiger partial charge is 0.393 e. The van der Waals surface area contributed by atoms with Gasteiger partial charge in [0.05, 0.1) is 6.10 Å². The molecule has 0 unspecified atom stereocenters. The Bertz CT molecular complexity index is 418. The average Bonchev–Trinajstić information content (AvgIpc) is 2.74. The van der Waals surface area contributed by atoms with E-state index >= 15 is 0 Å². The Morgan fingerprint density at radius 3 is 2.70 bits per heavy atom. The zero-order valence-corrected chi connectivity index (χ0v) is 12.7. The van der Waals surface area contributed by atoms with E-state index < -0.39 is 0 Å². The molecule has 7 atom stereocenters. The highest BCUT2D eigenvalue weighted by Gasteiger charge is 2.56. The van der Waals surface area contributed by atoms with Crippen LogP contribution in [0.2, 0.25) is 0 Å². The van der Waals surface area contributed by atoms with Gasteiger partial charge in [0.25, 0.3) is 0 Å². The number of carbonyl (C=O) groups is 1. The summed E-state index contributed by atoms with van der Waals surface area (Å²) in [4.78, 5) is 11.7. The van der Waals surface area contributed by atoms with Crippen molar-refractivity contribution in [1.82, 2.24) is 0 Å². The van der Waals surface area contributed by atoms with Crippen molar-refractivity contribution in [3.05, 3.63) is 0 Å². The molecule has 0 spiro atoms. The average molecular weight is 276 g/mol. The molecule has 0 heterocycles. The van der Waals surface area contributed by atoms with Crippen LogP contribution in [0.15, 0.2) is 0 Å². The molecule has 0 aromatic rings. The van der Waals surface area contributed by atoms with Gasteiger partial charge in [0.2, 0.25) is 0 Å². The van der Waals surface area contributed by atoms with Crippen LogP contribution in [0.5, 0.6) is 0 Å². The van der Waals surface area contributed by atoms with Crippen molar-refractivity contribution in [2.75, 3.05) is 0 Å². The topological polar surface area (TPSA) is 37.3 Å². The van der Waals surface area contributed by atoms with Crippen LogP contribution in [0.3, 0.4) is 0 Å². The lowest BCUT2D eigenvalue weighted by molar-refractivity contribution is -0.128. The molecule has 20 heavy (non-hydrogen) atoms. The van der Waals surface area contributed by atoms with Crippen LogP contribution in [0.25, 0.3) is 0 Å². The summed E-state index contributed by atoms with van der Waals surface area (Å²) in [5.41, 5.74) is 0.207. The smallest absolute Gasteiger partial charge is 0.133 e. The van der Waals surface area contributed by atoms with Crippen LogP contribution >= 0.6 is 0 Å². The minimum Gasteiger partial charge on any atom is -0.393 e. The molecule has 0 aromatic carbocycles. The van der Waals surface area contributed by atoms with E-state index in [1.807, 2.05) is 0 Å². The van der Waals surface area contributed by atoms with Crippen molar-refractivity contribution in [3.63, 3.8) is 0 Å². The number of aliphatic hydroxyl groups is 1. The maximum atomic E-state index is 11.7. The Hall–Kier alpha value is -0.370. The van der Waals surface area contributed by atoms with E-state index in [2.05, 4.69) is 6.92 Å². The minimum absolute atomic E-state index is 0.0564. The second kappa shape index (κ2) is 4.56. The monoisotopic (exact) mass is 276 g/mol. The predicted octanol–water partition coefficient (Wildman–Crippen LogP) is 3.57. The van der Waals surface area contributed by atoms with Gasteiger partial charge in [-0.3, -0.25) is 4.79 Å². The molecule has 112 valence electrons. The van der Waals surface area contributed by atoms with Crippen LogP contribution in [0.4, 0.5) is 0 Å². The molecule has 2 heteroatoms. The van der Waals surface area contributed by atoms with Crippen molar-refractivity contribution < 1.29 is 9.90 Å². The zero-order chi connectivity index (χ0) is 13.9. The molecule has 0 radical (unpaired) electrons. The summed E-state index contributed by atoms with van der Waals surface area (Å²) >= 11 is 0. The van der Waals surface area contributed by atoms with Gasteiger partial charge in [-0.2, -0.15) is 0 Å². The first-order chi connectivity index (χ1) is 9.59. The first kappa shape index (κ1) is 13.3. The van der Waals surface area contributed by atoms with Gasteiger partial charge >= 0.3 is 0 Å². The third-order valence-corrected chi connectivity index (χ3v) is 7.72. The van der Waals surface area contributed by atoms with E-state index in [0.717, 1.165) is 49.4 Å². The molecule has 0 aromatic heterocycles. The van der Waals surface area contributed by atoms with Crippen molar-refractivity contribution >= 4 is 5.78 Å². The van der Waals surface area contributed by atoms with Gasteiger partial charge in [-0.25, -0.2) is 0 Å². The Kier molecular flexibility index (Phi) is 3.03. The lowest BCUT2D eigenvalue weighted by Gasteiger charge is -2.55. The molecule has 2 nitrogen and oxygen atoms in total. The van der Waals surface area contributed by atoms with Gasteiger partial charge in [0.15, 0.2) is 0 Å². The van der Waals surface area contributed by atoms with Gasteiger partial charge in [0, 0.05) is 12.8 Å². The minimum atomic E-state index is -0.0564. The molecule has 0 bridgehead atoms. The highest BCUT2D eigenvalue weighted by atomic mass is 16.3. The number of Topliss-reactive ketones (excluding diaryl/α,β-unsaturated/α-hetero) is 1. The predicted molar refractivity (Wildman–Crippen MR) is 78.1 cm³/mol. The Morgan fingerprint density at radius 2 is 1.85 bits per heavy atom. The van der Waals surface area contributed by atoms with Crippen LogP contribution < -0.4 is 0 Å². The van der Waals surface area contributed by atoms with E-state index in [9.17, 15) is 9.90 Å². The fraction of sp³-hybridized carbons (Fsp3) is 0.944. The quantitative estimate of drug-likeness (QED) is 0.734. The second-order valence-corrected chi connectivity index (χ2v) is 8.35. The molecule has 4 saturated carbocycles. The third-order valence-electron chi connectivity index (χ3n) is 7.72. The Morgan fingerprint density at radius 1 is 1.00 bits per heavy atom. The second-order valence-electron chi connectivity index (χ2n) is 8.35. The normalized spacial score (nSPS) is 55.0. The summed E-state index contributed by atoms with van der Waals surface area (Å²) in [6, 6.07) is 0. The summed E-state index contributed by atoms with van der Waals surface area (Å²) < 4.78 is 0. The maximum absolute atomic E-state index is 11.7. The molecule has 0 aliphatic heterocycles. The SMILES string of the molecule is C[C@]12CC[C@H]3[C@@H](CC[C@@H]4CC(=O)CC[C@@H]43)[C@@H]1CC[C@@H]2O. The first-order valence-electron chi connectivity index (χ1n) is 8.79. The van der Waals surface area contributed by atoms with Crippen LogP contribution in [0, 0.1) is 35.0 Å². The molecule has 4 rings (SSSR count). The molecule has 4 fully saturated rings. The standard InChI is InChI=1S/C18H28O2/c1-18-9-8-14-13-5-3-12(19)10-11(13)2-4-15(14)16(18)6-7-17(18)20/h11,13-17,20H,2-10H2,1H3/t11-,13+,14-,15-,16+,17+,18+/m1/s1. The summed E-state index contributed by atoms with van der Waals surface area (Å²) in [6.07, 6.45) is 10.2. The van der Waals surface area contributed by atoms with E-state index in [1.54, 1.807) is 0 Å².